The molecule has 0 aromatic heterocycles. The predicted octanol–water partition coefficient (Wildman–Crippen LogP) is 2.73. The first-order valence-electron chi connectivity index (χ1n) is 6.99. The fourth-order valence-electron chi connectivity index (χ4n) is 2.35. The fraction of sp³-hybridized carbons (Fsp3) is 0.533. The maximum absolute atomic E-state index is 12.7. The molecule has 0 bridgehead atoms. The summed E-state index contributed by atoms with van der Waals surface area (Å²) in [7, 11) is 0. The Bertz CT molecular complexity index is 444. The number of nitrogens with one attached hydrogen (secondary N) is 1. The Hall–Kier alpha value is -1.07. The molecule has 20 heavy (non-hydrogen) atoms. The van der Waals surface area contributed by atoms with Crippen molar-refractivity contribution in [2.24, 2.45) is 0 Å². The highest BCUT2D eigenvalue weighted by molar-refractivity contribution is 7.99. The quantitative estimate of drug-likeness (QED) is 0.627. The van der Waals surface area contributed by atoms with Crippen LogP contribution in [0, 0.1) is 5.82 Å². The standard InChI is InChI=1S/C15H20FNO2S/c16-12-4-6-13(7-5-12)20-11-3-10-17-14(18)15(19)8-1-2-9-15/h4-7,19H,1-3,8-11H2,(H,17,18). The molecule has 2 N–H and O–H groups in total. The summed E-state index contributed by atoms with van der Waals surface area (Å²) in [5.41, 5.74) is -1.13. The lowest BCUT2D eigenvalue weighted by atomic mass is 10.0. The van der Waals surface area contributed by atoms with Gasteiger partial charge in [0.25, 0.3) is 5.91 Å². The third-order valence-electron chi connectivity index (χ3n) is 3.54. The van der Waals surface area contributed by atoms with Gasteiger partial charge < -0.3 is 10.4 Å². The van der Waals surface area contributed by atoms with E-state index in [9.17, 15) is 14.3 Å². The third kappa shape index (κ3) is 4.21. The number of halogens is 1. The number of hydrogen-bond acceptors (Lipinski definition) is 3. The molecule has 3 nitrogen and oxygen atoms in total. The van der Waals surface area contributed by atoms with E-state index in [0.29, 0.717) is 19.4 Å². The van der Waals surface area contributed by atoms with Crippen LogP contribution in [0.2, 0.25) is 0 Å². The van der Waals surface area contributed by atoms with Gasteiger partial charge in [-0.25, -0.2) is 4.39 Å². The highest BCUT2D eigenvalue weighted by Gasteiger charge is 2.38. The van der Waals surface area contributed by atoms with Crippen molar-refractivity contribution in [2.75, 3.05) is 12.3 Å². The lowest BCUT2D eigenvalue weighted by molar-refractivity contribution is -0.139. The number of benzene rings is 1. The van der Waals surface area contributed by atoms with Gasteiger partial charge in [0.15, 0.2) is 0 Å². The second-order valence-corrected chi connectivity index (χ2v) is 6.32. The van der Waals surface area contributed by atoms with Crippen molar-refractivity contribution < 1.29 is 14.3 Å². The van der Waals surface area contributed by atoms with E-state index in [1.54, 1.807) is 23.9 Å². The lowest BCUT2D eigenvalue weighted by Crippen LogP contribution is -2.45. The summed E-state index contributed by atoms with van der Waals surface area (Å²) >= 11 is 1.63. The second kappa shape index (κ2) is 7.09. The molecule has 0 saturated heterocycles. The minimum absolute atomic E-state index is 0.230. The SMILES string of the molecule is O=C(NCCCSc1ccc(F)cc1)C1(O)CCCC1. The Labute approximate surface area is 123 Å². The van der Waals surface area contributed by atoms with Crippen LogP contribution in [0.4, 0.5) is 4.39 Å². The molecule has 1 fully saturated rings. The van der Waals surface area contributed by atoms with Crippen LogP contribution in [0.3, 0.4) is 0 Å². The van der Waals surface area contributed by atoms with E-state index in [1.807, 2.05) is 0 Å². The largest absolute Gasteiger partial charge is 0.380 e. The number of rotatable bonds is 6. The summed E-state index contributed by atoms with van der Waals surface area (Å²) in [4.78, 5) is 12.8. The Morgan fingerprint density at radius 1 is 1.30 bits per heavy atom. The molecule has 0 heterocycles. The topological polar surface area (TPSA) is 49.3 Å². The van der Waals surface area contributed by atoms with Crippen molar-refractivity contribution in [1.29, 1.82) is 0 Å². The van der Waals surface area contributed by atoms with E-state index >= 15 is 0 Å². The monoisotopic (exact) mass is 297 g/mol. The van der Waals surface area contributed by atoms with Gasteiger partial charge in [0.2, 0.25) is 0 Å². The summed E-state index contributed by atoms with van der Waals surface area (Å²) < 4.78 is 12.7. The minimum atomic E-state index is -1.13. The van der Waals surface area contributed by atoms with Crippen LogP contribution in [-0.4, -0.2) is 28.9 Å². The van der Waals surface area contributed by atoms with Crippen LogP contribution in [0.15, 0.2) is 29.2 Å². The molecular weight excluding hydrogens is 277 g/mol. The summed E-state index contributed by atoms with van der Waals surface area (Å²) in [5, 5.41) is 12.9. The first-order valence-corrected chi connectivity index (χ1v) is 7.98. The summed E-state index contributed by atoms with van der Waals surface area (Å²) in [6.45, 7) is 0.565. The van der Waals surface area contributed by atoms with Gasteiger partial charge in [0.1, 0.15) is 11.4 Å². The molecule has 0 unspecified atom stereocenters. The number of hydrogen-bond donors (Lipinski definition) is 2. The van der Waals surface area contributed by atoms with Gasteiger partial charge in [-0.3, -0.25) is 4.79 Å². The smallest absolute Gasteiger partial charge is 0.251 e. The molecule has 0 atom stereocenters. The molecule has 1 aliphatic rings. The van der Waals surface area contributed by atoms with Gasteiger partial charge in [-0.2, -0.15) is 0 Å². The lowest BCUT2D eigenvalue weighted by Gasteiger charge is -2.20. The third-order valence-corrected chi connectivity index (χ3v) is 4.64. The van der Waals surface area contributed by atoms with Gasteiger partial charge in [0.05, 0.1) is 0 Å². The van der Waals surface area contributed by atoms with Crippen molar-refractivity contribution in [3.8, 4) is 0 Å². The summed E-state index contributed by atoms with van der Waals surface area (Å²) in [6.07, 6.45) is 3.81. The molecule has 0 radical (unpaired) electrons. The summed E-state index contributed by atoms with van der Waals surface area (Å²) in [6, 6.07) is 6.39. The molecule has 110 valence electrons. The van der Waals surface area contributed by atoms with Crippen molar-refractivity contribution in [1.82, 2.24) is 5.32 Å². The first-order chi connectivity index (χ1) is 9.60. The van der Waals surface area contributed by atoms with Crippen molar-refractivity contribution in [3.63, 3.8) is 0 Å². The molecular formula is C15H20FNO2S. The Morgan fingerprint density at radius 3 is 2.60 bits per heavy atom. The van der Waals surface area contributed by atoms with Gasteiger partial charge >= 0.3 is 0 Å². The fourth-order valence-corrected chi connectivity index (χ4v) is 3.20. The van der Waals surface area contributed by atoms with Crippen LogP contribution in [0.1, 0.15) is 32.1 Å². The Kier molecular flexibility index (Phi) is 5.43. The number of carbonyl (C=O) groups excluding carboxylic acids is 1. The molecule has 1 aliphatic carbocycles. The molecule has 2 rings (SSSR count). The predicted molar refractivity (Wildman–Crippen MR) is 78.2 cm³/mol. The zero-order valence-corrected chi connectivity index (χ0v) is 12.2. The number of carbonyl (C=O) groups is 1. The van der Waals surface area contributed by atoms with Gasteiger partial charge in [0, 0.05) is 11.4 Å². The van der Waals surface area contributed by atoms with Crippen molar-refractivity contribution in [2.45, 2.75) is 42.6 Å². The minimum Gasteiger partial charge on any atom is -0.380 e. The average Bonchev–Trinajstić information content (AvgIpc) is 2.88. The molecule has 1 saturated carbocycles. The molecule has 1 amide bonds. The van der Waals surface area contributed by atoms with E-state index < -0.39 is 5.60 Å². The molecule has 1 aromatic carbocycles. The van der Waals surface area contributed by atoms with Gasteiger partial charge in [-0.05, 0) is 62.1 Å². The molecule has 0 spiro atoms. The summed E-state index contributed by atoms with van der Waals surface area (Å²) in [5.74, 6) is 0.387. The first kappa shape index (κ1) is 15.3. The van der Waals surface area contributed by atoms with Crippen LogP contribution in [0.25, 0.3) is 0 Å². The number of aliphatic hydroxyl groups is 1. The zero-order valence-electron chi connectivity index (χ0n) is 11.4. The van der Waals surface area contributed by atoms with Crippen LogP contribution >= 0.6 is 11.8 Å². The maximum atomic E-state index is 12.7. The highest BCUT2D eigenvalue weighted by atomic mass is 32.2. The van der Waals surface area contributed by atoms with E-state index in [2.05, 4.69) is 5.32 Å². The Balaban J connectivity index is 1.62. The van der Waals surface area contributed by atoms with E-state index in [1.165, 1.54) is 12.1 Å². The molecule has 0 aliphatic heterocycles. The van der Waals surface area contributed by atoms with E-state index in [4.69, 9.17) is 0 Å². The maximum Gasteiger partial charge on any atom is 0.251 e. The highest BCUT2D eigenvalue weighted by Crippen LogP contribution is 2.29. The zero-order chi connectivity index (χ0) is 14.4. The number of thioether (sulfide) groups is 1. The normalized spacial score (nSPS) is 17.1. The average molecular weight is 297 g/mol. The van der Waals surface area contributed by atoms with Crippen LogP contribution in [-0.2, 0) is 4.79 Å². The van der Waals surface area contributed by atoms with E-state index in [0.717, 1.165) is 29.9 Å². The van der Waals surface area contributed by atoms with Crippen LogP contribution in [0.5, 0.6) is 0 Å². The van der Waals surface area contributed by atoms with Gasteiger partial charge in [-0.15, -0.1) is 11.8 Å². The molecule has 1 aromatic rings. The van der Waals surface area contributed by atoms with Gasteiger partial charge in [-0.1, -0.05) is 0 Å². The Morgan fingerprint density at radius 2 is 1.95 bits per heavy atom. The van der Waals surface area contributed by atoms with Crippen LogP contribution < -0.4 is 5.32 Å². The molecule has 5 heteroatoms. The second-order valence-electron chi connectivity index (χ2n) is 5.15. The number of amides is 1. The van der Waals surface area contributed by atoms with Crippen molar-refractivity contribution >= 4 is 17.7 Å². The van der Waals surface area contributed by atoms with E-state index in [-0.39, 0.29) is 11.7 Å². The van der Waals surface area contributed by atoms with Crippen molar-refractivity contribution in [3.05, 3.63) is 30.1 Å².